The minimum atomic E-state index is -1.00. The number of piperidine rings is 1. The van der Waals surface area contributed by atoms with Crippen LogP contribution in [0.4, 0.5) is 8.78 Å². The van der Waals surface area contributed by atoms with Crippen molar-refractivity contribution in [3.05, 3.63) is 35.4 Å². The lowest BCUT2D eigenvalue weighted by Gasteiger charge is -2.42. The first-order valence-corrected chi connectivity index (χ1v) is 6.31. The highest BCUT2D eigenvalue weighted by atomic mass is 19.2. The predicted octanol–water partition coefficient (Wildman–Crippen LogP) is 2.16. The van der Waals surface area contributed by atoms with Crippen molar-refractivity contribution >= 4 is 5.91 Å². The molecule has 0 radical (unpaired) electrons. The summed E-state index contributed by atoms with van der Waals surface area (Å²) in [5, 5.41) is 0. The molecule has 1 fully saturated rings. The third-order valence-corrected chi connectivity index (χ3v) is 3.77. The molecule has 1 amide bonds. The molecule has 19 heavy (non-hydrogen) atoms. The molecule has 0 bridgehead atoms. The highest BCUT2D eigenvalue weighted by molar-refractivity contribution is 5.94. The summed E-state index contributed by atoms with van der Waals surface area (Å²) in [4.78, 5) is 13.9. The Morgan fingerprint density at radius 3 is 2.63 bits per heavy atom. The van der Waals surface area contributed by atoms with Crippen molar-refractivity contribution in [3.8, 4) is 0 Å². The topological polar surface area (TPSA) is 46.3 Å². The number of halogens is 2. The second-order valence-corrected chi connectivity index (χ2v) is 5.74. The molecule has 5 heteroatoms. The van der Waals surface area contributed by atoms with Crippen molar-refractivity contribution < 1.29 is 13.6 Å². The number of likely N-dealkylation sites (tertiary alicyclic amines) is 1. The summed E-state index contributed by atoms with van der Waals surface area (Å²) in [5.74, 6) is -2.23. The fourth-order valence-electron chi connectivity index (χ4n) is 2.36. The summed E-state index contributed by atoms with van der Waals surface area (Å²) in [5.41, 5.74) is 6.01. The molecule has 0 saturated carbocycles. The summed E-state index contributed by atoms with van der Waals surface area (Å²) in [6, 6.07) is 3.27. The van der Waals surface area contributed by atoms with E-state index in [2.05, 4.69) is 0 Å². The van der Waals surface area contributed by atoms with Crippen molar-refractivity contribution in [1.29, 1.82) is 0 Å². The van der Waals surface area contributed by atoms with Crippen LogP contribution in [0.5, 0.6) is 0 Å². The van der Waals surface area contributed by atoms with E-state index in [1.54, 1.807) is 4.90 Å². The van der Waals surface area contributed by atoms with Gasteiger partial charge in [-0.1, -0.05) is 13.8 Å². The molecular formula is C14H18F2N2O. The largest absolute Gasteiger partial charge is 0.338 e. The second kappa shape index (κ2) is 4.89. The zero-order chi connectivity index (χ0) is 14.2. The van der Waals surface area contributed by atoms with E-state index >= 15 is 0 Å². The number of amides is 1. The molecule has 1 saturated heterocycles. The van der Waals surface area contributed by atoms with Gasteiger partial charge in [0.1, 0.15) is 0 Å². The first-order chi connectivity index (χ1) is 8.81. The Morgan fingerprint density at radius 1 is 1.37 bits per heavy atom. The van der Waals surface area contributed by atoms with Gasteiger partial charge in [-0.3, -0.25) is 4.79 Å². The number of hydrogen-bond acceptors (Lipinski definition) is 2. The third-order valence-electron chi connectivity index (χ3n) is 3.77. The molecule has 0 spiro atoms. The van der Waals surface area contributed by atoms with E-state index in [-0.39, 0.29) is 22.9 Å². The Balaban J connectivity index is 2.18. The molecule has 0 aliphatic carbocycles. The Morgan fingerprint density at radius 2 is 2.05 bits per heavy atom. The van der Waals surface area contributed by atoms with E-state index in [0.29, 0.717) is 19.5 Å². The van der Waals surface area contributed by atoms with Crippen LogP contribution in [0.1, 0.15) is 30.6 Å². The maximum atomic E-state index is 13.2. The molecule has 0 aromatic heterocycles. The van der Waals surface area contributed by atoms with Gasteiger partial charge in [0.05, 0.1) is 0 Å². The second-order valence-electron chi connectivity index (χ2n) is 5.74. The number of hydrogen-bond donors (Lipinski definition) is 1. The van der Waals surface area contributed by atoms with Crippen molar-refractivity contribution in [2.45, 2.75) is 26.3 Å². The van der Waals surface area contributed by atoms with Gasteiger partial charge < -0.3 is 10.6 Å². The maximum absolute atomic E-state index is 13.2. The van der Waals surface area contributed by atoms with Crippen LogP contribution in [0.3, 0.4) is 0 Å². The summed E-state index contributed by atoms with van der Waals surface area (Å²) in [6.07, 6.45) is 0.711. The van der Waals surface area contributed by atoms with E-state index in [0.717, 1.165) is 12.1 Å². The van der Waals surface area contributed by atoms with Gasteiger partial charge in [0, 0.05) is 24.7 Å². The zero-order valence-corrected chi connectivity index (χ0v) is 11.1. The van der Waals surface area contributed by atoms with Crippen molar-refractivity contribution in [2.24, 2.45) is 11.1 Å². The van der Waals surface area contributed by atoms with Gasteiger partial charge in [-0.15, -0.1) is 0 Å². The lowest BCUT2D eigenvalue weighted by atomic mass is 9.79. The van der Waals surface area contributed by atoms with Crippen LogP contribution in [-0.2, 0) is 0 Å². The summed E-state index contributed by atoms with van der Waals surface area (Å²) >= 11 is 0. The van der Waals surface area contributed by atoms with Gasteiger partial charge in [-0.2, -0.15) is 0 Å². The van der Waals surface area contributed by atoms with Crippen LogP contribution in [0, 0.1) is 17.0 Å². The number of carbonyl (C=O) groups excluding carboxylic acids is 1. The van der Waals surface area contributed by atoms with Crippen molar-refractivity contribution in [3.63, 3.8) is 0 Å². The SMILES string of the molecule is CC1(C)CN(C(=O)c2ccc(F)c(F)c2)CCC1N. The predicted molar refractivity (Wildman–Crippen MR) is 68.6 cm³/mol. The van der Waals surface area contributed by atoms with Crippen molar-refractivity contribution in [2.75, 3.05) is 13.1 Å². The van der Waals surface area contributed by atoms with Gasteiger partial charge >= 0.3 is 0 Å². The third kappa shape index (κ3) is 2.76. The maximum Gasteiger partial charge on any atom is 0.253 e. The minimum absolute atomic E-state index is 0.0431. The number of rotatable bonds is 1. The molecule has 3 nitrogen and oxygen atoms in total. The molecular weight excluding hydrogens is 250 g/mol. The number of nitrogens with zero attached hydrogens (tertiary/aromatic N) is 1. The summed E-state index contributed by atoms with van der Waals surface area (Å²) < 4.78 is 26.0. The van der Waals surface area contributed by atoms with Crippen molar-refractivity contribution in [1.82, 2.24) is 4.90 Å². The van der Waals surface area contributed by atoms with Gasteiger partial charge in [-0.05, 0) is 30.0 Å². The molecule has 2 rings (SSSR count). The lowest BCUT2D eigenvalue weighted by molar-refractivity contribution is 0.0532. The van der Waals surface area contributed by atoms with Crippen LogP contribution in [0.25, 0.3) is 0 Å². The monoisotopic (exact) mass is 268 g/mol. The molecule has 1 aliphatic rings. The standard InChI is InChI=1S/C14H18F2N2O/c1-14(2)8-18(6-5-12(14)17)13(19)9-3-4-10(15)11(16)7-9/h3-4,7,12H,5-6,8,17H2,1-2H3. The molecule has 1 aliphatic heterocycles. The highest BCUT2D eigenvalue weighted by Crippen LogP contribution is 2.28. The Labute approximate surface area is 111 Å². The molecule has 1 aromatic rings. The Bertz CT molecular complexity index is 502. The Kier molecular flexibility index (Phi) is 3.58. The van der Waals surface area contributed by atoms with E-state index in [4.69, 9.17) is 5.73 Å². The highest BCUT2D eigenvalue weighted by Gasteiger charge is 2.35. The molecule has 1 heterocycles. The first-order valence-electron chi connectivity index (χ1n) is 6.31. The minimum Gasteiger partial charge on any atom is -0.338 e. The molecule has 1 aromatic carbocycles. The van der Waals surface area contributed by atoms with Gasteiger partial charge in [0.2, 0.25) is 0 Å². The van der Waals surface area contributed by atoms with E-state index in [1.165, 1.54) is 6.07 Å². The average Bonchev–Trinajstić information content (AvgIpc) is 2.35. The van der Waals surface area contributed by atoms with Gasteiger partial charge in [-0.25, -0.2) is 8.78 Å². The molecule has 1 atom stereocenters. The van der Waals surface area contributed by atoms with Gasteiger partial charge in [0.25, 0.3) is 5.91 Å². The summed E-state index contributed by atoms with van der Waals surface area (Å²) in [7, 11) is 0. The lowest BCUT2D eigenvalue weighted by Crippen LogP contribution is -2.54. The smallest absolute Gasteiger partial charge is 0.253 e. The number of carbonyl (C=O) groups is 1. The first kappa shape index (κ1) is 13.9. The summed E-state index contributed by atoms with van der Waals surface area (Å²) in [6.45, 7) is 5.07. The number of nitrogens with two attached hydrogens (primary N) is 1. The van der Waals surface area contributed by atoms with E-state index < -0.39 is 11.6 Å². The average molecular weight is 268 g/mol. The molecule has 104 valence electrons. The van der Waals surface area contributed by atoms with Crippen LogP contribution in [0.15, 0.2) is 18.2 Å². The fraction of sp³-hybridized carbons (Fsp3) is 0.500. The zero-order valence-electron chi connectivity index (χ0n) is 11.1. The van der Waals surface area contributed by atoms with Crippen LogP contribution in [0.2, 0.25) is 0 Å². The van der Waals surface area contributed by atoms with E-state index in [9.17, 15) is 13.6 Å². The quantitative estimate of drug-likeness (QED) is 0.848. The number of benzene rings is 1. The van der Waals surface area contributed by atoms with E-state index in [1.807, 2.05) is 13.8 Å². The van der Waals surface area contributed by atoms with Crippen LogP contribution >= 0.6 is 0 Å². The van der Waals surface area contributed by atoms with Crippen LogP contribution in [-0.4, -0.2) is 29.9 Å². The molecule has 2 N–H and O–H groups in total. The van der Waals surface area contributed by atoms with Gasteiger partial charge in [0.15, 0.2) is 11.6 Å². The Hall–Kier alpha value is -1.49. The normalized spacial score (nSPS) is 22.4. The molecule has 1 unspecified atom stereocenters. The fourth-order valence-corrected chi connectivity index (χ4v) is 2.36. The van der Waals surface area contributed by atoms with Crippen LogP contribution < -0.4 is 5.73 Å².